The fourth-order valence-corrected chi connectivity index (χ4v) is 1.31. The first-order valence-corrected chi connectivity index (χ1v) is 3.66. The van der Waals surface area contributed by atoms with E-state index in [4.69, 9.17) is 0 Å². The van der Waals surface area contributed by atoms with Crippen LogP contribution in [0.5, 0.6) is 0 Å². The van der Waals surface area contributed by atoms with Gasteiger partial charge in [-0.3, -0.25) is 0 Å². The van der Waals surface area contributed by atoms with E-state index in [1.807, 2.05) is 0 Å². The largest absolute Gasteiger partial charge is 0.312 e. The van der Waals surface area contributed by atoms with E-state index in [-0.39, 0.29) is 32.7 Å². The molecule has 0 atom stereocenters. The molecule has 0 aromatic carbocycles. The van der Waals surface area contributed by atoms with E-state index < -0.39 is 0 Å². The monoisotopic (exact) mass is 212 g/mol. The van der Waals surface area contributed by atoms with Crippen LogP contribution in [0.15, 0.2) is 11.1 Å². The van der Waals surface area contributed by atoms with Gasteiger partial charge in [0.25, 0.3) is 0 Å². The fourth-order valence-electron chi connectivity index (χ4n) is 1.31. The number of hydrogen-bond acceptors (Lipinski definition) is 0. The maximum atomic E-state index is 2.26. The molecule has 1 aliphatic carbocycles. The molecule has 0 unspecified atom stereocenters. The van der Waals surface area contributed by atoms with Crippen LogP contribution >= 0.6 is 0 Å². The van der Waals surface area contributed by atoms with Crippen molar-refractivity contribution in [2.75, 3.05) is 0 Å². The van der Waals surface area contributed by atoms with Crippen molar-refractivity contribution in [2.24, 2.45) is 0 Å². The van der Waals surface area contributed by atoms with Crippen molar-refractivity contribution in [1.82, 2.24) is 0 Å². The Balaban J connectivity index is 0.000000810. The molecule has 0 aliphatic heterocycles. The summed E-state index contributed by atoms with van der Waals surface area (Å²) in [5, 5.41) is 0. The van der Waals surface area contributed by atoms with Gasteiger partial charge >= 0.3 is 0 Å². The molecule has 0 fully saturated rings. The molecule has 0 aromatic rings. The minimum absolute atomic E-state index is 0. The van der Waals surface area contributed by atoms with Crippen LogP contribution in [0.3, 0.4) is 0 Å². The van der Waals surface area contributed by atoms with Gasteiger partial charge in [-0.25, -0.2) is 0 Å². The second-order valence-electron chi connectivity index (χ2n) is 3.19. The standard InChI is InChI=1S/C9H15.Y/c1-7-4-5-8(2)9(3)6-7;/h4-6H2,1-3H3;/q-1;. The minimum atomic E-state index is 0. The van der Waals surface area contributed by atoms with Crippen molar-refractivity contribution < 1.29 is 32.7 Å². The average molecular weight is 212 g/mol. The first kappa shape index (κ1) is 10.8. The topological polar surface area (TPSA) is 0 Å². The fraction of sp³-hybridized carbons (Fsp3) is 0.667. The van der Waals surface area contributed by atoms with Gasteiger partial charge in [0.1, 0.15) is 0 Å². The molecule has 0 N–H and O–H groups in total. The van der Waals surface area contributed by atoms with Crippen molar-refractivity contribution in [2.45, 2.75) is 40.0 Å². The molecule has 0 nitrogen and oxygen atoms in total. The van der Waals surface area contributed by atoms with Crippen molar-refractivity contribution in [3.63, 3.8) is 0 Å². The maximum Gasteiger partial charge on any atom is 0 e. The summed E-state index contributed by atoms with van der Waals surface area (Å²) in [6.45, 7) is 6.76. The predicted molar refractivity (Wildman–Crippen MR) is 41.1 cm³/mol. The van der Waals surface area contributed by atoms with Crippen LogP contribution in [0.2, 0.25) is 0 Å². The molecule has 0 bridgehead atoms. The minimum Gasteiger partial charge on any atom is -0.312 e. The van der Waals surface area contributed by atoms with E-state index in [1.165, 1.54) is 19.3 Å². The molecule has 0 spiro atoms. The van der Waals surface area contributed by atoms with E-state index in [0.717, 1.165) is 0 Å². The van der Waals surface area contributed by atoms with Gasteiger partial charge in [-0.15, -0.1) is 5.57 Å². The quantitative estimate of drug-likeness (QED) is 0.427. The summed E-state index contributed by atoms with van der Waals surface area (Å²) in [7, 11) is 0. The molecule has 55 valence electrons. The van der Waals surface area contributed by atoms with Crippen molar-refractivity contribution in [1.29, 1.82) is 0 Å². The molecule has 0 saturated heterocycles. The zero-order chi connectivity index (χ0) is 6.85. The normalized spacial score (nSPS) is 20.7. The second-order valence-corrected chi connectivity index (χ2v) is 3.19. The third-order valence-corrected chi connectivity index (χ3v) is 2.22. The third kappa shape index (κ3) is 2.84. The van der Waals surface area contributed by atoms with Gasteiger partial charge in [-0.2, -0.15) is 19.8 Å². The Bertz CT molecular complexity index is 136. The summed E-state index contributed by atoms with van der Waals surface area (Å²) < 4.78 is 0. The SMILES string of the molecule is CC1=C(C)C[C-](C)CC1.[Y]. The van der Waals surface area contributed by atoms with Crippen LogP contribution in [0.25, 0.3) is 0 Å². The number of allylic oxidation sites excluding steroid dienone is 2. The van der Waals surface area contributed by atoms with E-state index in [0.29, 0.717) is 0 Å². The van der Waals surface area contributed by atoms with Gasteiger partial charge in [-0.1, -0.05) is 12.0 Å². The molecule has 0 saturated carbocycles. The van der Waals surface area contributed by atoms with Gasteiger partial charge in [-0.05, 0) is 13.8 Å². The average Bonchev–Trinajstić information content (AvgIpc) is 1.80. The molecular weight excluding hydrogens is 197 g/mol. The first-order valence-electron chi connectivity index (χ1n) is 3.66. The third-order valence-electron chi connectivity index (χ3n) is 2.22. The molecule has 10 heavy (non-hydrogen) atoms. The van der Waals surface area contributed by atoms with Crippen molar-refractivity contribution in [3.05, 3.63) is 17.1 Å². The van der Waals surface area contributed by atoms with Gasteiger partial charge in [0, 0.05) is 32.7 Å². The van der Waals surface area contributed by atoms with E-state index in [1.54, 1.807) is 17.1 Å². The summed E-state index contributed by atoms with van der Waals surface area (Å²) in [6.07, 6.45) is 3.88. The molecule has 1 rings (SSSR count). The first-order chi connectivity index (χ1) is 4.20. The Labute approximate surface area is 89.3 Å². The van der Waals surface area contributed by atoms with Crippen molar-refractivity contribution >= 4 is 0 Å². The van der Waals surface area contributed by atoms with E-state index >= 15 is 0 Å². The molecule has 0 amide bonds. The maximum absolute atomic E-state index is 2.26. The molecule has 0 aromatic heterocycles. The van der Waals surface area contributed by atoms with Crippen LogP contribution in [-0.2, 0) is 32.7 Å². The molecule has 0 heterocycles. The molecule has 1 radical (unpaired) electrons. The summed E-state index contributed by atoms with van der Waals surface area (Å²) in [5.41, 5.74) is 3.21. The number of rotatable bonds is 0. The molecule has 1 heteroatoms. The van der Waals surface area contributed by atoms with Gasteiger partial charge in [0.05, 0.1) is 0 Å². The van der Waals surface area contributed by atoms with E-state index in [9.17, 15) is 0 Å². The van der Waals surface area contributed by atoms with Crippen LogP contribution in [-0.4, -0.2) is 0 Å². The molecule has 1 aliphatic rings. The Hall–Kier alpha value is 0.844. The Morgan fingerprint density at radius 3 is 2.20 bits per heavy atom. The second kappa shape index (κ2) is 4.67. The van der Waals surface area contributed by atoms with Gasteiger partial charge in [0.2, 0.25) is 0 Å². The summed E-state index contributed by atoms with van der Waals surface area (Å²) >= 11 is 0. The summed E-state index contributed by atoms with van der Waals surface area (Å²) in [4.78, 5) is 0. The van der Waals surface area contributed by atoms with Gasteiger partial charge in [0.15, 0.2) is 0 Å². The zero-order valence-electron chi connectivity index (χ0n) is 7.20. The Morgan fingerprint density at radius 1 is 1.20 bits per heavy atom. The predicted octanol–water partition coefficient (Wildman–Crippen LogP) is 3.10. The van der Waals surface area contributed by atoms with Crippen LogP contribution in [0.1, 0.15) is 40.0 Å². The zero-order valence-corrected chi connectivity index (χ0v) is 10.0. The Morgan fingerprint density at radius 2 is 1.80 bits per heavy atom. The van der Waals surface area contributed by atoms with Crippen LogP contribution in [0.4, 0.5) is 0 Å². The Kier molecular flexibility index (Phi) is 5.06. The summed E-state index contributed by atoms with van der Waals surface area (Å²) in [5.74, 6) is 1.65. The van der Waals surface area contributed by atoms with Crippen LogP contribution in [0, 0.1) is 5.92 Å². The van der Waals surface area contributed by atoms with Crippen molar-refractivity contribution in [3.8, 4) is 0 Å². The van der Waals surface area contributed by atoms with Crippen LogP contribution < -0.4 is 0 Å². The smallest absolute Gasteiger partial charge is 0 e. The summed E-state index contributed by atoms with van der Waals surface area (Å²) in [6, 6.07) is 0. The van der Waals surface area contributed by atoms with Gasteiger partial charge < -0.3 is 5.92 Å². The van der Waals surface area contributed by atoms with E-state index in [2.05, 4.69) is 20.8 Å². The number of hydrogen-bond donors (Lipinski definition) is 0. The molecular formula is C9H15Y-.